The van der Waals surface area contributed by atoms with E-state index in [2.05, 4.69) is 46.6 Å². The van der Waals surface area contributed by atoms with Crippen LogP contribution in [0.5, 0.6) is 0 Å². The number of nitrogens with one attached hydrogen (secondary N) is 1. The first-order valence-corrected chi connectivity index (χ1v) is 10.3. The lowest BCUT2D eigenvalue weighted by Gasteiger charge is -2.32. The van der Waals surface area contributed by atoms with Crippen molar-refractivity contribution in [2.45, 2.75) is 25.9 Å². The molecular formula is C24H25ClN2O. The van der Waals surface area contributed by atoms with Gasteiger partial charge >= 0.3 is 0 Å². The molecule has 144 valence electrons. The van der Waals surface area contributed by atoms with Crippen molar-refractivity contribution in [1.29, 1.82) is 0 Å². The first-order chi connectivity index (χ1) is 13.7. The van der Waals surface area contributed by atoms with E-state index < -0.39 is 0 Å². The van der Waals surface area contributed by atoms with Gasteiger partial charge in [0.15, 0.2) is 0 Å². The molecule has 1 fully saturated rings. The van der Waals surface area contributed by atoms with E-state index in [0.717, 1.165) is 48.6 Å². The lowest BCUT2D eigenvalue weighted by atomic mass is 9.96. The minimum Gasteiger partial charge on any atom is -0.352 e. The van der Waals surface area contributed by atoms with Crippen LogP contribution >= 0.6 is 11.6 Å². The molecule has 1 aliphatic rings. The van der Waals surface area contributed by atoms with E-state index in [4.69, 9.17) is 11.6 Å². The number of hydrogen-bond donors (Lipinski definition) is 1. The van der Waals surface area contributed by atoms with Crippen molar-refractivity contribution in [2.75, 3.05) is 13.1 Å². The summed E-state index contributed by atoms with van der Waals surface area (Å²) in [6.45, 7) is 3.17. The molecule has 1 amide bonds. The van der Waals surface area contributed by atoms with Crippen molar-refractivity contribution < 1.29 is 4.79 Å². The normalized spacial score (nSPS) is 17.5. The molecule has 3 aromatic rings. The van der Waals surface area contributed by atoms with Crippen molar-refractivity contribution in [3.63, 3.8) is 0 Å². The van der Waals surface area contributed by atoms with Gasteiger partial charge in [-0.25, -0.2) is 0 Å². The standard InChI is InChI=1S/C24H25ClN2O/c25-23-13-4-2-8-20(23)16-27-14-6-11-21(17-27)24(28)26-15-19-10-5-9-18-7-1-3-12-22(18)19/h1-5,7-10,12-13,21H,6,11,14-17H2,(H,26,28)/t21-/m0/s1. The molecule has 1 aliphatic heterocycles. The third kappa shape index (κ3) is 4.37. The third-order valence-electron chi connectivity index (χ3n) is 5.56. The van der Waals surface area contributed by atoms with E-state index in [9.17, 15) is 4.79 Å². The van der Waals surface area contributed by atoms with Gasteiger partial charge in [-0.3, -0.25) is 9.69 Å². The molecule has 3 aromatic carbocycles. The highest BCUT2D eigenvalue weighted by Gasteiger charge is 2.26. The Labute approximate surface area is 171 Å². The van der Waals surface area contributed by atoms with Gasteiger partial charge in [-0.05, 0) is 47.4 Å². The second kappa shape index (κ2) is 8.76. The minimum atomic E-state index is 0.0335. The number of likely N-dealkylation sites (tertiary alicyclic amines) is 1. The van der Waals surface area contributed by atoms with Crippen molar-refractivity contribution in [3.05, 3.63) is 82.9 Å². The van der Waals surface area contributed by atoms with Crippen LogP contribution < -0.4 is 5.32 Å². The monoisotopic (exact) mass is 392 g/mol. The first kappa shape index (κ1) is 19.0. The van der Waals surface area contributed by atoms with Gasteiger partial charge in [0.2, 0.25) is 5.91 Å². The Bertz CT molecular complexity index is 966. The maximum Gasteiger partial charge on any atom is 0.224 e. The fraction of sp³-hybridized carbons (Fsp3) is 0.292. The molecule has 0 bridgehead atoms. The summed E-state index contributed by atoms with van der Waals surface area (Å²) in [5.74, 6) is 0.183. The third-order valence-corrected chi connectivity index (χ3v) is 5.93. The second-order valence-electron chi connectivity index (χ2n) is 7.52. The van der Waals surface area contributed by atoms with Crippen molar-refractivity contribution in [2.24, 2.45) is 5.92 Å². The molecule has 0 spiro atoms. The summed E-state index contributed by atoms with van der Waals surface area (Å²) in [6, 6.07) is 22.5. The van der Waals surface area contributed by atoms with Crippen LogP contribution in [0.3, 0.4) is 0 Å². The Balaban J connectivity index is 1.37. The van der Waals surface area contributed by atoms with E-state index in [-0.39, 0.29) is 11.8 Å². The predicted molar refractivity (Wildman–Crippen MR) is 115 cm³/mol. The summed E-state index contributed by atoms with van der Waals surface area (Å²) in [5.41, 5.74) is 2.29. The molecule has 0 aliphatic carbocycles. The number of piperidine rings is 1. The Kier molecular flexibility index (Phi) is 5.94. The Morgan fingerprint density at radius 1 is 1.00 bits per heavy atom. The van der Waals surface area contributed by atoms with Crippen molar-refractivity contribution in [1.82, 2.24) is 10.2 Å². The molecule has 0 unspecified atom stereocenters. The van der Waals surface area contributed by atoms with Gasteiger partial charge < -0.3 is 5.32 Å². The zero-order valence-electron chi connectivity index (χ0n) is 15.9. The van der Waals surface area contributed by atoms with Crippen LogP contribution in [0.15, 0.2) is 66.7 Å². The van der Waals surface area contributed by atoms with E-state index in [1.54, 1.807) is 0 Å². The largest absolute Gasteiger partial charge is 0.352 e. The average Bonchev–Trinajstić information content (AvgIpc) is 2.74. The van der Waals surface area contributed by atoms with Crippen molar-refractivity contribution >= 4 is 28.3 Å². The zero-order valence-corrected chi connectivity index (χ0v) is 16.7. The highest BCUT2D eigenvalue weighted by Crippen LogP contribution is 2.23. The van der Waals surface area contributed by atoms with Crippen molar-refractivity contribution in [3.8, 4) is 0 Å². The van der Waals surface area contributed by atoms with Gasteiger partial charge in [-0.1, -0.05) is 72.3 Å². The molecular weight excluding hydrogens is 368 g/mol. The summed E-state index contributed by atoms with van der Waals surface area (Å²) in [6.07, 6.45) is 1.98. The fourth-order valence-corrected chi connectivity index (χ4v) is 4.25. The second-order valence-corrected chi connectivity index (χ2v) is 7.93. The van der Waals surface area contributed by atoms with Gasteiger partial charge in [-0.15, -0.1) is 0 Å². The lowest BCUT2D eigenvalue weighted by Crippen LogP contribution is -2.42. The Morgan fingerprint density at radius 2 is 1.75 bits per heavy atom. The summed E-state index contributed by atoms with van der Waals surface area (Å²) < 4.78 is 0. The average molecular weight is 393 g/mol. The maximum atomic E-state index is 12.8. The van der Waals surface area contributed by atoms with Gasteiger partial charge in [0.25, 0.3) is 0 Å². The summed E-state index contributed by atoms with van der Waals surface area (Å²) >= 11 is 6.30. The van der Waals surface area contributed by atoms with Gasteiger partial charge in [0.05, 0.1) is 5.92 Å². The smallest absolute Gasteiger partial charge is 0.224 e. The number of hydrogen-bond acceptors (Lipinski definition) is 2. The molecule has 1 saturated heterocycles. The molecule has 1 N–H and O–H groups in total. The number of nitrogens with zero attached hydrogens (tertiary/aromatic N) is 1. The van der Waals surface area contributed by atoms with Crippen LogP contribution in [0.2, 0.25) is 5.02 Å². The maximum absolute atomic E-state index is 12.8. The SMILES string of the molecule is O=C(NCc1cccc2ccccc12)[C@H]1CCCN(Cc2ccccc2Cl)C1. The van der Waals surface area contributed by atoms with Gasteiger partial charge in [0.1, 0.15) is 0 Å². The van der Waals surface area contributed by atoms with E-state index in [0.29, 0.717) is 6.54 Å². The van der Waals surface area contributed by atoms with Crippen LogP contribution in [-0.2, 0) is 17.9 Å². The molecule has 4 rings (SSSR count). The highest BCUT2D eigenvalue weighted by molar-refractivity contribution is 6.31. The number of carbonyl (C=O) groups is 1. The number of carbonyl (C=O) groups excluding carboxylic acids is 1. The van der Waals surface area contributed by atoms with E-state index in [1.807, 2.05) is 30.3 Å². The molecule has 4 heteroatoms. The zero-order chi connectivity index (χ0) is 19.3. The molecule has 3 nitrogen and oxygen atoms in total. The van der Waals surface area contributed by atoms with E-state index >= 15 is 0 Å². The molecule has 0 saturated carbocycles. The predicted octanol–water partition coefficient (Wildman–Crippen LogP) is 5.02. The van der Waals surface area contributed by atoms with Crippen LogP contribution in [0.1, 0.15) is 24.0 Å². The quantitative estimate of drug-likeness (QED) is 0.661. The summed E-state index contributed by atoms with van der Waals surface area (Å²) in [7, 11) is 0. The van der Waals surface area contributed by atoms with E-state index in [1.165, 1.54) is 10.8 Å². The van der Waals surface area contributed by atoms with Crippen LogP contribution in [-0.4, -0.2) is 23.9 Å². The van der Waals surface area contributed by atoms with Gasteiger partial charge in [-0.2, -0.15) is 0 Å². The van der Waals surface area contributed by atoms with Crippen LogP contribution in [0.4, 0.5) is 0 Å². The summed E-state index contributed by atoms with van der Waals surface area (Å²) in [5, 5.41) is 6.37. The number of benzene rings is 3. The Hall–Kier alpha value is -2.36. The minimum absolute atomic E-state index is 0.0335. The van der Waals surface area contributed by atoms with Crippen LogP contribution in [0, 0.1) is 5.92 Å². The number of fused-ring (bicyclic) bond motifs is 1. The molecule has 1 heterocycles. The Morgan fingerprint density at radius 3 is 2.64 bits per heavy atom. The summed E-state index contributed by atoms with van der Waals surface area (Å²) in [4.78, 5) is 15.1. The molecule has 1 atom stereocenters. The van der Waals surface area contributed by atoms with Crippen LogP contribution in [0.25, 0.3) is 10.8 Å². The van der Waals surface area contributed by atoms with Gasteiger partial charge in [0, 0.05) is 24.7 Å². The number of amides is 1. The first-order valence-electron chi connectivity index (χ1n) is 9.91. The number of halogens is 1. The molecule has 28 heavy (non-hydrogen) atoms. The number of rotatable bonds is 5. The molecule has 0 radical (unpaired) electrons. The topological polar surface area (TPSA) is 32.3 Å². The highest BCUT2D eigenvalue weighted by atomic mass is 35.5. The lowest BCUT2D eigenvalue weighted by molar-refractivity contribution is -0.126. The molecule has 0 aromatic heterocycles. The fourth-order valence-electron chi connectivity index (χ4n) is 4.05.